The van der Waals surface area contributed by atoms with Crippen LogP contribution in [-0.2, 0) is 26.1 Å². The predicted octanol–water partition coefficient (Wildman–Crippen LogP) is 1.97. The van der Waals surface area contributed by atoms with Gasteiger partial charge in [-0.15, -0.1) is 10.2 Å². The van der Waals surface area contributed by atoms with Crippen molar-refractivity contribution in [2.24, 2.45) is 7.05 Å². The van der Waals surface area contributed by atoms with Gasteiger partial charge in [-0.25, -0.2) is 9.97 Å². The first-order valence-electron chi connectivity index (χ1n) is 8.76. The lowest BCUT2D eigenvalue weighted by molar-refractivity contribution is -0.136. The molecule has 0 amide bonds. The largest absolute Gasteiger partial charge is 0.421 e. The van der Waals surface area contributed by atoms with Gasteiger partial charge in [-0.2, -0.15) is 22.7 Å². The molecule has 0 atom stereocenters. The van der Waals surface area contributed by atoms with Crippen LogP contribution in [0.4, 0.5) is 19.1 Å². The second-order valence-corrected chi connectivity index (χ2v) is 6.63. The second-order valence-electron chi connectivity index (χ2n) is 6.63. The number of anilines is 1. The average molecular weight is 380 g/mol. The van der Waals surface area contributed by atoms with E-state index in [0.717, 1.165) is 42.5 Å². The predicted molar refractivity (Wildman–Crippen MR) is 90.4 cm³/mol. The van der Waals surface area contributed by atoms with Crippen LogP contribution in [0.5, 0.6) is 0 Å². The lowest BCUT2D eigenvalue weighted by Gasteiger charge is -2.10. The first-order valence-corrected chi connectivity index (χ1v) is 8.76. The van der Waals surface area contributed by atoms with Gasteiger partial charge in [-0.3, -0.25) is 4.68 Å². The van der Waals surface area contributed by atoms with E-state index in [4.69, 9.17) is 0 Å². The van der Waals surface area contributed by atoms with E-state index >= 15 is 0 Å². The van der Waals surface area contributed by atoms with E-state index in [1.807, 2.05) is 7.05 Å². The quantitative estimate of drug-likeness (QED) is 0.689. The summed E-state index contributed by atoms with van der Waals surface area (Å²) >= 11 is 0. The Kier molecular flexibility index (Phi) is 4.23. The SMILES string of the molecule is Cc1ncc(C(F)(F)F)c2nc(CCc3nc(N4CCCC4)nn3C)nn12. The van der Waals surface area contributed by atoms with Crippen LogP contribution in [0, 0.1) is 6.92 Å². The standard InChI is InChI=1S/C16H19F3N8/c1-10-20-9-11(16(17,18)19)14-21-12(23-27(10)14)5-6-13-22-15(24-25(13)2)26-7-3-4-8-26/h9H,3-8H2,1-2H3. The number of alkyl halides is 3. The zero-order chi connectivity index (χ0) is 19.2. The molecule has 0 aromatic carbocycles. The van der Waals surface area contributed by atoms with Crippen LogP contribution in [0.2, 0.25) is 0 Å². The normalized spacial score (nSPS) is 15.2. The van der Waals surface area contributed by atoms with Gasteiger partial charge in [0.1, 0.15) is 17.2 Å². The van der Waals surface area contributed by atoms with Crippen molar-refractivity contribution in [1.29, 1.82) is 0 Å². The van der Waals surface area contributed by atoms with Gasteiger partial charge in [0, 0.05) is 39.2 Å². The lowest BCUT2D eigenvalue weighted by atomic mass is 10.3. The van der Waals surface area contributed by atoms with Gasteiger partial charge in [-0.1, -0.05) is 0 Å². The summed E-state index contributed by atoms with van der Waals surface area (Å²) in [7, 11) is 1.81. The van der Waals surface area contributed by atoms with Crippen LogP contribution >= 0.6 is 0 Å². The molecule has 0 aliphatic carbocycles. The van der Waals surface area contributed by atoms with Gasteiger partial charge < -0.3 is 4.90 Å². The molecule has 0 N–H and O–H groups in total. The average Bonchev–Trinajstić information content (AvgIpc) is 3.31. The van der Waals surface area contributed by atoms with Gasteiger partial charge in [0.15, 0.2) is 11.5 Å². The number of fused-ring (bicyclic) bond motifs is 1. The van der Waals surface area contributed by atoms with Crippen LogP contribution in [0.25, 0.3) is 5.65 Å². The van der Waals surface area contributed by atoms with Crippen molar-refractivity contribution >= 4 is 11.6 Å². The molecular weight excluding hydrogens is 361 g/mol. The molecule has 0 spiro atoms. The summed E-state index contributed by atoms with van der Waals surface area (Å²) in [6, 6.07) is 0. The molecule has 3 aromatic rings. The molecule has 4 heterocycles. The molecule has 0 radical (unpaired) electrons. The van der Waals surface area contributed by atoms with Gasteiger partial charge >= 0.3 is 6.18 Å². The lowest BCUT2D eigenvalue weighted by Crippen LogP contribution is -2.19. The minimum Gasteiger partial charge on any atom is -0.340 e. The van der Waals surface area contributed by atoms with E-state index in [0.29, 0.717) is 30.4 Å². The molecule has 1 aliphatic heterocycles. The maximum absolute atomic E-state index is 13.2. The Morgan fingerprint density at radius 1 is 1.07 bits per heavy atom. The molecule has 1 fully saturated rings. The molecule has 4 rings (SSSR count). The van der Waals surface area contributed by atoms with Gasteiger partial charge in [0.25, 0.3) is 0 Å². The van der Waals surface area contributed by atoms with Crippen molar-refractivity contribution < 1.29 is 13.2 Å². The fourth-order valence-electron chi connectivity index (χ4n) is 3.23. The van der Waals surface area contributed by atoms with Crippen molar-refractivity contribution in [3.63, 3.8) is 0 Å². The minimum atomic E-state index is -4.53. The van der Waals surface area contributed by atoms with Crippen LogP contribution in [-0.4, -0.2) is 47.4 Å². The monoisotopic (exact) mass is 380 g/mol. The number of aryl methyl sites for hydroxylation is 4. The van der Waals surface area contributed by atoms with Crippen LogP contribution < -0.4 is 4.90 Å². The summed E-state index contributed by atoms with van der Waals surface area (Å²) in [6.07, 6.45) is -0.609. The maximum atomic E-state index is 13.2. The second kappa shape index (κ2) is 6.46. The third-order valence-corrected chi connectivity index (χ3v) is 4.69. The first kappa shape index (κ1) is 17.7. The molecule has 1 saturated heterocycles. The Bertz CT molecular complexity index is 968. The summed E-state index contributed by atoms with van der Waals surface area (Å²) in [5.41, 5.74) is -1.11. The van der Waals surface area contributed by atoms with Crippen molar-refractivity contribution in [1.82, 2.24) is 34.3 Å². The molecule has 0 saturated carbocycles. The Balaban J connectivity index is 1.57. The van der Waals surface area contributed by atoms with Crippen LogP contribution in [0.1, 0.15) is 35.9 Å². The van der Waals surface area contributed by atoms with E-state index in [-0.39, 0.29) is 5.65 Å². The molecule has 1 aliphatic rings. The van der Waals surface area contributed by atoms with E-state index in [2.05, 4.69) is 30.0 Å². The highest BCUT2D eigenvalue weighted by atomic mass is 19.4. The third kappa shape index (κ3) is 3.33. The van der Waals surface area contributed by atoms with Crippen molar-refractivity contribution in [2.45, 2.75) is 38.8 Å². The topological polar surface area (TPSA) is 77.0 Å². The van der Waals surface area contributed by atoms with Crippen molar-refractivity contribution in [2.75, 3.05) is 18.0 Å². The summed E-state index contributed by atoms with van der Waals surface area (Å²) in [5.74, 6) is 2.13. The molecular formula is C16H19F3N8. The molecule has 11 heteroatoms. The van der Waals surface area contributed by atoms with E-state index in [1.54, 1.807) is 11.6 Å². The smallest absolute Gasteiger partial charge is 0.340 e. The number of hydrogen-bond donors (Lipinski definition) is 0. The fraction of sp³-hybridized carbons (Fsp3) is 0.562. The van der Waals surface area contributed by atoms with Gasteiger partial charge in [0.05, 0.1) is 0 Å². The van der Waals surface area contributed by atoms with E-state index in [9.17, 15) is 13.2 Å². The molecule has 27 heavy (non-hydrogen) atoms. The number of nitrogens with zero attached hydrogens (tertiary/aromatic N) is 8. The highest BCUT2D eigenvalue weighted by Gasteiger charge is 2.35. The molecule has 144 valence electrons. The number of aromatic nitrogens is 7. The molecule has 3 aromatic heterocycles. The Morgan fingerprint density at radius 2 is 1.81 bits per heavy atom. The van der Waals surface area contributed by atoms with Crippen molar-refractivity contribution in [3.05, 3.63) is 29.2 Å². The number of rotatable bonds is 4. The van der Waals surface area contributed by atoms with Crippen LogP contribution in [0.3, 0.4) is 0 Å². The van der Waals surface area contributed by atoms with E-state index in [1.165, 1.54) is 0 Å². The highest BCUT2D eigenvalue weighted by molar-refractivity contribution is 5.48. The van der Waals surface area contributed by atoms with Crippen molar-refractivity contribution in [3.8, 4) is 0 Å². The zero-order valence-electron chi connectivity index (χ0n) is 15.0. The Labute approximate surface area is 153 Å². The van der Waals surface area contributed by atoms with Gasteiger partial charge in [0.2, 0.25) is 5.95 Å². The summed E-state index contributed by atoms with van der Waals surface area (Å²) < 4.78 is 42.3. The minimum absolute atomic E-state index is 0.222. The summed E-state index contributed by atoms with van der Waals surface area (Å²) in [6.45, 7) is 3.49. The Hall–Kier alpha value is -2.72. The van der Waals surface area contributed by atoms with E-state index < -0.39 is 11.7 Å². The van der Waals surface area contributed by atoms with Crippen LogP contribution in [0.15, 0.2) is 6.20 Å². The maximum Gasteiger partial charge on any atom is 0.421 e. The number of hydrogen-bond acceptors (Lipinski definition) is 6. The summed E-state index contributed by atoms with van der Waals surface area (Å²) in [5, 5.41) is 8.63. The highest BCUT2D eigenvalue weighted by Crippen LogP contribution is 2.31. The molecule has 0 bridgehead atoms. The Morgan fingerprint density at radius 3 is 2.52 bits per heavy atom. The van der Waals surface area contributed by atoms with Gasteiger partial charge in [-0.05, 0) is 19.8 Å². The molecule has 0 unspecified atom stereocenters. The summed E-state index contributed by atoms with van der Waals surface area (Å²) in [4.78, 5) is 14.6. The fourth-order valence-corrected chi connectivity index (χ4v) is 3.23. The molecule has 8 nitrogen and oxygen atoms in total. The first-order chi connectivity index (χ1) is 12.8. The third-order valence-electron chi connectivity index (χ3n) is 4.69. The number of halogens is 3. The zero-order valence-corrected chi connectivity index (χ0v) is 15.0.